The van der Waals surface area contributed by atoms with E-state index in [0.717, 1.165) is 16.2 Å². The van der Waals surface area contributed by atoms with Crippen LogP contribution in [0.4, 0.5) is 0 Å². The van der Waals surface area contributed by atoms with Gasteiger partial charge in [-0.1, -0.05) is 0 Å². The van der Waals surface area contributed by atoms with Crippen molar-refractivity contribution in [2.24, 2.45) is 0 Å². The van der Waals surface area contributed by atoms with E-state index < -0.39 is 5.38 Å². The molecule has 2 aromatic rings. The molecule has 0 N–H and O–H groups in total. The fourth-order valence-corrected chi connectivity index (χ4v) is 3.41. The molecule has 2 rings (SSSR count). The molecule has 4 nitrogen and oxygen atoms in total. The lowest BCUT2D eigenvalue weighted by Gasteiger charge is -2.18. The molecule has 1 atom stereocenters. The Labute approximate surface area is 133 Å². The molecule has 1 aromatic carbocycles. The fourth-order valence-electron chi connectivity index (χ4n) is 2.13. The van der Waals surface area contributed by atoms with Crippen LogP contribution in [-0.2, 0) is 0 Å². The summed E-state index contributed by atoms with van der Waals surface area (Å²) >= 11 is 8.15. The summed E-state index contributed by atoms with van der Waals surface area (Å²) in [5, 5.41) is 1.55. The Hall–Kier alpha value is -1.59. The van der Waals surface area contributed by atoms with Crippen molar-refractivity contribution in [2.45, 2.75) is 5.38 Å². The second kappa shape index (κ2) is 6.91. The van der Waals surface area contributed by atoms with Gasteiger partial charge in [0.25, 0.3) is 0 Å². The molecule has 1 unspecified atom stereocenters. The first-order valence-electron chi connectivity index (χ1n) is 6.22. The molecule has 0 saturated heterocycles. The van der Waals surface area contributed by atoms with E-state index in [1.165, 1.54) is 11.3 Å². The maximum Gasteiger partial charge on any atom is 0.203 e. The molecular formula is C15H17ClO4S. The highest BCUT2D eigenvalue weighted by atomic mass is 35.5. The normalized spacial score (nSPS) is 11.9. The third-order valence-corrected chi connectivity index (χ3v) is 4.66. The third kappa shape index (κ3) is 2.89. The van der Waals surface area contributed by atoms with Gasteiger partial charge in [0.15, 0.2) is 11.5 Å². The highest BCUT2D eigenvalue weighted by Crippen LogP contribution is 2.48. The van der Waals surface area contributed by atoms with E-state index in [1.807, 2.05) is 23.6 Å². The van der Waals surface area contributed by atoms with E-state index in [0.29, 0.717) is 17.2 Å². The summed E-state index contributed by atoms with van der Waals surface area (Å²) in [5.74, 6) is 2.45. The van der Waals surface area contributed by atoms with Gasteiger partial charge in [-0.3, -0.25) is 0 Å². The first-order valence-corrected chi connectivity index (χ1v) is 7.53. The van der Waals surface area contributed by atoms with E-state index in [2.05, 4.69) is 0 Å². The number of methoxy groups -OCH3 is 4. The number of benzene rings is 1. The van der Waals surface area contributed by atoms with Gasteiger partial charge >= 0.3 is 0 Å². The van der Waals surface area contributed by atoms with Crippen molar-refractivity contribution in [2.75, 3.05) is 28.4 Å². The molecule has 0 fully saturated rings. The predicted octanol–water partition coefficient (Wildman–Crippen LogP) is 4.11. The zero-order valence-electron chi connectivity index (χ0n) is 12.3. The number of hydrogen-bond acceptors (Lipinski definition) is 5. The summed E-state index contributed by atoms with van der Waals surface area (Å²) in [6.07, 6.45) is 0. The van der Waals surface area contributed by atoms with Crippen molar-refractivity contribution in [1.29, 1.82) is 0 Å². The minimum atomic E-state index is -0.394. The molecule has 21 heavy (non-hydrogen) atoms. The number of ether oxygens (including phenoxy) is 4. The van der Waals surface area contributed by atoms with Crippen LogP contribution in [0.3, 0.4) is 0 Å². The van der Waals surface area contributed by atoms with Crippen LogP contribution in [0.25, 0.3) is 0 Å². The van der Waals surface area contributed by atoms with Gasteiger partial charge in [-0.25, -0.2) is 0 Å². The summed E-state index contributed by atoms with van der Waals surface area (Å²) < 4.78 is 21.5. The van der Waals surface area contributed by atoms with Gasteiger partial charge in [0, 0.05) is 5.56 Å². The van der Waals surface area contributed by atoms with Gasteiger partial charge in [0.1, 0.15) is 11.1 Å². The third-order valence-electron chi connectivity index (χ3n) is 3.12. The maximum absolute atomic E-state index is 6.62. The van der Waals surface area contributed by atoms with E-state index in [-0.39, 0.29) is 0 Å². The van der Waals surface area contributed by atoms with Crippen molar-refractivity contribution in [3.63, 3.8) is 0 Å². The van der Waals surface area contributed by atoms with Crippen LogP contribution in [0, 0.1) is 0 Å². The average Bonchev–Trinajstić information content (AvgIpc) is 3.00. The molecule has 0 saturated carbocycles. The fraction of sp³-hybridized carbons (Fsp3) is 0.333. The van der Waals surface area contributed by atoms with Gasteiger partial charge in [-0.15, -0.1) is 22.9 Å². The second-order valence-electron chi connectivity index (χ2n) is 4.14. The van der Waals surface area contributed by atoms with Crippen molar-refractivity contribution < 1.29 is 18.9 Å². The monoisotopic (exact) mass is 328 g/mol. The predicted molar refractivity (Wildman–Crippen MR) is 84.7 cm³/mol. The SMILES string of the molecule is COc1ccsc1C(Cl)c1ccc(OC)c(OC)c1OC. The van der Waals surface area contributed by atoms with Crippen LogP contribution in [0.2, 0.25) is 0 Å². The summed E-state index contributed by atoms with van der Waals surface area (Å²) in [5.41, 5.74) is 0.803. The Morgan fingerprint density at radius 2 is 1.52 bits per heavy atom. The summed E-state index contributed by atoms with van der Waals surface area (Å²) in [7, 11) is 6.35. The van der Waals surface area contributed by atoms with Crippen LogP contribution in [0.5, 0.6) is 23.0 Å². The van der Waals surface area contributed by atoms with Gasteiger partial charge in [0.05, 0.1) is 33.3 Å². The molecular weight excluding hydrogens is 312 g/mol. The smallest absolute Gasteiger partial charge is 0.203 e. The van der Waals surface area contributed by atoms with E-state index in [1.54, 1.807) is 28.4 Å². The Balaban J connectivity index is 2.53. The first kappa shape index (κ1) is 15.8. The van der Waals surface area contributed by atoms with Crippen LogP contribution in [0.15, 0.2) is 23.6 Å². The first-order chi connectivity index (χ1) is 10.2. The number of halogens is 1. The highest BCUT2D eigenvalue weighted by Gasteiger charge is 2.25. The van der Waals surface area contributed by atoms with Gasteiger partial charge < -0.3 is 18.9 Å². The van der Waals surface area contributed by atoms with Gasteiger partial charge in [0.2, 0.25) is 5.75 Å². The number of thiophene rings is 1. The van der Waals surface area contributed by atoms with Crippen molar-refractivity contribution in [3.05, 3.63) is 34.0 Å². The lowest BCUT2D eigenvalue weighted by Crippen LogP contribution is -2.01. The Kier molecular flexibility index (Phi) is 5.20. The van der Waals surface area contributed by atoms with E-state index in [4.69, 9.17) is 30.5 Å². The summed E-state index contributed by atoms with van der Waals surface area (Å²) in [4.78, 5) is 0.921. The van der Waals surface area contributed by atoms with Crippen molar-refractivity contribution in [1.82, 2.24) is 0 Å². The Morgan fingerprint density at radius 3 is 2.10 bits per heavy atom. The largest absolute Gasteiger partial charge is 0.496 e. The Morgan fingerprint density at radius 1 is 0.857 bits per heavy atom. The van der Waals surface area contributed by atoms with Gasteiger partial charge in [-0.2, -0.15) is 0 Å². The van der Waals surface area contributed by atoms with Crippen molar-refractivity contribution >= 4 is 22.9 Å². The zero-order chi connectivity index (χ0) is 15.4. The number of hydrogen-bond donors (Lipinski definition) is 0. The minimum absolute atomic E-state index is 0.394. The van der Waals surface area contributed by atoms with Crippen LogP contribution < -0.4 is 18.9 Å². The van der Waals surface area contributed by atoms with Crippen LogP contribution >= 0.6 is 22.9 Å². The van der Waals surface area contributed by atoms with Crippen molar-refractivity contribution in [3.8, 4) is 23.0 Å². The second-order valence-corrected chi connectivity index (χ2v) is 5.52. The van der Waals surface area contributed by atoms with Gasteiger partial charge in [-0.05, 0) is 23.6 Å². The molecule has 0 amide bonds. The number of alkyl halides is 1. The molecule has 6 heteroatoms. The highest BCUT2D eigenvalue weighted by molar-refractivity contribution is 7.10. The number of rotatable bonds is 6. The molecule has 0 aliphatic heterocycles. The summed E-state index contributed by atoms with van der Waals surface area (Å²) in [6, 6.07) is 5.58. The Bertz CT molecular complexity index is 612. The molecule has 0 bridgehead atoms. The lowest BCUT2D eigenvalue weighted by molar-refractivity contribution is 0.322. The molecule has 0 spiro atoms. The molecule has 0 aliphatic carbocycles. The average molecular weight is 329 g/mol. The van der Waals surface area contributed by atoms with Crippen LogP contribution in [-0.4, -0.2) is 28.4 Å². The van der Waals surface area contributed by atoms with E-state index in [9.17, 15) is 0 Å². The lowest BCUT2D eigenvalue weighted by atomic mass is 10.1. The summed E-state index contributed by atoms with van der Waals surface area (Å²) in [6.45, 7) is 0. The maximum atomic E-state index is 6.62. The zero-order valence-corrected chi connectivity index (χ0v) is 13.9. The van der Waals surface area contributed by atoms with Crippen LogP contribution in [0.1, 0.15) is 15.8 Å². The molecule has 0 radical (unpaired) electrons. The molecule has 1 aromatic heterocycles. The quantitative estimate of drug-likeness (QED) is 0.748. The molecule has 114 valence electrons. The molecule has 1 heterocycles. The topological polar surface area (TPSA) is 36.9 Å². The molecule has 0 aliphatic rings. The standard InChI is InChI=1S/C15H17ClO4S/c1-17-10-6-5-9(13(19-3)14(10)20-4)12(16)15-11(18-2)7-8-21-15/h5-8,12H,1-4H3. The minimum Gasteiger partial charge on any atom is -0.496 e. The van der Waals surface area contributed by atoms with E-state index >= 15 is 0 Å².